The molecule has 1 saturated carbocycles. The Bertz CT molecular complexity index is 317. The Morgan fingerprint density at radius 2 is 2.00 bits per heavy atom. The molecule has 0 bridgehead atoms. The van der Waals surface area contributed by atoms with Crippen LogP contribution in [0.1, 0.15) is 19.8 Å². The minimum atomic E-state index is -3.49. The zero-order valence-corrected chi connectivity index (χ0v) is 8.52. The van der Waals surface area contributed by atoms with Gasteiger partial charge in [-0.15, -0.1) is 0 Å². The van der Waals surface area contributed by atoms with E-state index < -0.39 is 21.5 Å². The Balaban J connectivity index is 2.67. The van der Waals surface area contributed by atoms with Crippen LogP contribution in [0.4, 0.5) is 0 Å². The van der Waals surface area contributed by atoms with Crippen molar-refractivity contribution in [2.45, 2.75) is 25.3 Å². The molecule has 0 radical (unpaired) electrons. The molecule has 1 atom stereocenters. The van der Waals surface area contributed by atoms with Gasteiger partial charge in [-0.25, -0.2) is 8.42 Å². The molecule has 0 heterocycles. The van der Waals surface area contributed by atoms with Gasteiger partial charge in [-0.1, -0.05) is 0 Å². The Hall–Kier alpha value is -0.620. The molecule has 1 unspecified atom stereocenters. The first-order valence-corrected chi connectivity index (χ1v) is 5.94. The molecule has 1 fully saturated rings. The van der Waals surface area contributed by atoms with Crippen molar-refractivity contribution in [2.75, 3.05) is 6.26 Å². The summed E-state index contributed by atoms with van der Waals surface area (Å²) in [4.78, 5) is 11.3. The Morgan fingerprint density at radius 3 is 2.31 bits per heavy atom. The van der Waals surface area contributed by atoms with Crippen molar-refractivity contribution in [3.63, 3.8) is 0 Å². The molecule has 1 rings (SSSR count). The summed E-state index contributed by atoms with van der Waals surface area (Å²) >= 11 is 0. The van der Waals surface area contributed by atoms with Crippen LogP contribution in [0.2, 0.25) is 0 Å². The fraction of sp³-hybridized carbons (Fsp3) is 0.857. The third-order valence-corrected chi connectivity index (χ3v) is 2.75. The topological polar surface area (TPSA) is 89.3 Å². The van der Waals surface area contributed by atoms with Crippen molar-refractivity contribution in [1.82, 2.24) is 4.72 Å². The van der Waals surface area contributed by atoms with Crippen LogP contribution < -0.4 is 10.5 Å². The number of sulfonamides is 1. The highest BCUT2D eigenvalue weighted by Gasteiger charge is 2.44. The van der Waals surface area contributed by atoms with Crippen LogP contribution in [0.5, 0.6) is 0 Å². The summed E-state index contributed by atoms with van der Waals surface area (Å²) in [7, 11) is -3.49. The monoisotopic (exact) mass is 206 g/mol. The van der Waals surface area contributed by atoms with E-state index in [-0.39, 0.29) is 5.92 Å². The Labute approximate surface area is 77.7 Å². The van der Waals surface area contributed by atoms with E-state index >= 15 is 0 Å². The Morgan fingerprint density at radius 1 is 1.54 bits per heavy atom. The zero-order valence-electron chi connectivity index (χ0n) is 7.70. The second kappa shape index (κ2) is 2.95. The molecule has 0 aromatic rings. The number of carbonyl (C=O) groups is 1. The van der Waals surface area contributed by atoms with E-state index in [1.165, 1.54) is 0 Å². The van der Waals surface area contributed by atoms with Gasteiger partial charge in [0, 0.05) is 0 Å². The molecule has 0 aromatic heterocycles. The summed E-state index contributed by atoms with van der Waals surface area (Å²) in [5, 5.41) is 0. The number of carbonyl (C=O) groups excluding carboxylic acids is 1. The number of rotatable bonds is 3. The van der Waals surface area contributed by atoms with E-state index in [0.29, 0.717) is 0 Å². The number of nitrogens with one attached hydrogen (secondary N) is 1. The fourth-order valence-electron chi connectivity index (χ4n) is 1.15. The molecule has 13 heavy (non-hydrogen) atoms. The molecule has 1 aliphatic carbocycles. The zero-order chi connectivity index (χ0) is 10.3. The lowest BCUT2D eigenvalue weighted by Gasteiger charge is -2.22. The lowest BCUT2D eigenvalue weighted by Crippen LogP contribution is -2.54. The molecule has 0 spiro atoms. The van der Waals surface area contributed by atoms with Gasteiger partial charge in [0.2, 0.25) is 10.0 Å². The van der Waals surface area contributed by atoms with Gasteiger partial charge < -0.3 is 5.73 Å². The Kier molecular flexibility index (Phi) is 2.38. The van der Waals surface area contributed by atoms with Crippen LogP contribution in [-0.2, 0) is 14.8 Å². The SMILES string of the molecule is CC(N)(C(=O)NS(C)(=O)=O)C1CC1. The van der Waals surface area contributed by atoms with Crippen LogP contribution >= 0.6 is 0 Å². The second-order valence-corrected chi connectivity index (χ2v) is 5.51. The first-order chi connectivity index (χ1) is 5.73. The normalized spacial score (nSPS) is 22.1. The van der Waals surface area contributed by atoms with Gasteiger partial charge in [0.15, 0.2) is 0 Å². The van der Waals surface area contributed by atoms with E-state index in [0.717, 1.165) is 19.1 Å². The van der Waals surface area contributed by atoms with Crippen LogP contribution in [0, 0.1) is 5.92 Å². The van der Waals surface area contributed by atoms with Crippen molar-refractivity contribution in [3.05, 3.63) is 0 Å². The third-order valence-electron chi connectivity index (χ3n) is 2.19. The molecule has 76 valence electrons. The number of amides is 1. The maximum absolute atomic E-state index is 11.3. The van der Waals surface area contributed by atoms with Crippen LogP contribution in [-0.4, -0.2) is 26.1 Å². The summed E-state index contributed by atoms with van der Waals surface area (Å²) < 4.78 is 23.4. The van der Waals surface area contributed by atoms with E-state index in [9.17, 15) is 13.2 Å². The van der Waals surface area contributed by atoms with Gasteiger partial charge in [-0.05, 0) is 25.7 Å². The van der Waals surface area contributed by atoms with Crippen molar-refractivity contribution in [1.29, 1.82) is 0 Å². The highest BCUT2D eigenvalue weighted by atomic mass is 32.2. The van der Waals surface area contributed by atoms with Crippen LogP contribution in [0.25, 0.3) is 0 Å². The van der Waals surface area contributed by atoms with Crippen LogP contribution in [0.15, 0.2) is 0 Å². The molecule has 1 aliphatic rings. The van der Waals surface area contributed by atoms with Gasteiger partial charge in [0.25, 0.3) is 5.91 Å². The van der Waals surface area contributed by atoms with Crippen molar-refractivity contribution in [3.8, 4) is 0 Å². The van der Waals surface area contributed by atoms with E-state index in [2.05, 4.69) is 0 Å². The molecular formula is C7H14N2O3S. The van der Waals surface area contributed by atoms with E-state index in [1.807, 2.05) is 4.72 Å². The summed E-state index contributed by atoms with van der Waals surface area (Å²) in [6, 6.07) is 0. The summed E-state index contributed by atoms with van der Waals surface area (Å²) in [6.45, 7) is 1.56. The first-order valence-electron chi connectivity index (χ1n) is 4.04. The molecule has 3 N–H and O–H groups in total. The van der Waals surface area contributed by atoms with Crippen molar-refractivity contribution >= 4 is 15.9 Å². The predicted molar refractivity (Wildman–Crippen MR) is 48.3 cm³/mol. The minimum Gasteiger partial charge on any atom is -0.317 e. The highest BCUT2D eigenvalue weighted by molar-refractivity contribution is 7.89. The van der Waals surface area contributed by atoms with E-state index in [4.69, 9.17) is 5.73 Å². The molecule has 0 saturated heterocycles. The average molecular weight is 206 g/mol. The molecule has 5 nitrogen and oxygen atoms in total. The lowest BCUT2D eigenvalue weighted by molar-refractivity contribution is -0.124. The van der Waals surface area contributed by atoms with Gasteiger partial charge in [0.05, 0.1) is 11.8 Å². The van der Waals surface area contributed by atoms with E-state index in [1.54, 1.807) is 6.92 Å². The summed E-state index contributed by atoms with van der Waals surface area (Å²) in [5.41, 5.74) is 4.64. The standard InChI is InChI=1S/C7H14N2O3S/c1-7(8,5-3-4-5)6(10)9-13(2,11)12/h5H,3-4,8H2,1-2H3,(H,9,10). The van der Waals surface area contributed by atoms with Crippen molar-refractivity contribution < 1.29 is 13.2 Å². The van der Waals surface area contributed by atoms with Gasteiger partial charge >= 0.3 is 0 Å². The third kappa shape index (κ3) is 2.67. The maximum Gasteiger partial charge on any atom is 0.253 e. The predicted octanol–water partition coefficient (Wildman–Crippen LogP) is -0.810. The summed E-state index contributed by atoms with van der Waals surface area (Å²) in [6.07, 6.45) is 2.72. The fourth-order valence-corrected chi connectivity index (χ4v) is 1.70. The largest absolute Gasteiger partial charge is 0.317 e. The number of hydrogen-bond donors (Lipinski definition) is 2. The van der Waals surface area contributed by atoms with Gasteiger partial charge in [-0.2, -0.15) is 0 Å². The molecular weight excluding hydrogens is 192 g/mol. The molecule has 1 amide bonds. The van der Waals surface area contributed by atoms with Crippen molar-refractivity contribution in [2.24, 2.45) is 11.7 Å². The highest BCUT2D eigenvalue weighted by Crippen LogP contribution is 2.38. The average Bonchev–Trinajstić information content (AvgIpc) is 2.62. The molecule has 6 heteroatoms. The molecule has 0 aromatic carbocycles. The van der Waals surface area contributed by atoms with Gasteiger partial charge in [0.1, 0.15) is 0 Å². The lowest BCUT2D eigenvalue weighted by atomic mass is 9.97. The van der Waals surface area contributed by atoms with Crippen LogP contribution in [0.3, 0.4) is 0 Å². The first kappa shape index (κ1) is 10.5. The number of nitrogens with two attached hydrogens (primary N) is 1. The second-order valence-electron chi connectivity index (χ2n) is 3.76. The maximum atomic E-state index is 11.3. The minimum absolute atomic E-state index is 0.120. The van der Waals surface area contributed by atoms with Gasteiger partial charge in [-0.3, -0.25) is 9.52 Å². The number of hydrogen-bond acceptors (Lipinski definition) is 4. The smallest absolute Gasteiger partial charge is 0.253 e. The summed E-state index contributed by atoms with van der Waals surface area (Å²) in [5.74, 6) is -0.494. The quantitative estimate of drug-likeness (QED) is 0.632. The molecule has 0 aliphatic heterocycles.